The lowest BCUT2D eigenvalue weighted by Crippen LogP contribution is -1.95. The molecule has 0 unspecified atom stereocenters. The maximum absolute atomic E-state index is 14.2. The summed E-state index contributed by atoms with van der Waals surface area (Å²) in [6.45, 7) is 7.51. The summed E-state index contributed by atoms with van der Waals surface area (Å²) in [6, 6.07) is 24.0. The zero-order valence-corrected chi connectivity index (χ0v) is 21.3. The van der Waals surface area contributed by atoms with Gasteiger partial charge in [-0.2, -0.15) is 0 Å². The highest BCUT2D eigenvalue weighted by Crippen LogP contribution is 2.17. The first-order valence-corrected chi connectivity index (χ1v) is 13.3. The average Bonchev–Trinajstić information content (AvgIpc) is 2.89. The van der Waals surface area contributed by atoms with Crippen molar-refractivity contribution >= 4 is 0 Å². The van der Waals surface area contributed by atoms with E-state index in [0.717, 1.165) is 75.3 Å². The monoisotopic (exact) mass is 468 g/mol. The van der Waals surface area contributed by atoms with Gasteiger partial charge in [-0.05, 0) is 116 Å². The fourth-order valence-electron chi connectivity index (χ4n) is 4.54. The number of allylic oxidation sites excluding steroid dienone is 2. The summed E-state index contributed by atoms with van der Waals surface area (Å²) >= 11 is 0. The zero-order chi connectivity index (χ0) is 24.7. The van der Waals surface area contributed by atoms with Crippen LogP contribution in [0.4, 0.5) is 4.39 Å². The Bertz CT molecular complexity index is 1030. The van der Waals surface area contributed by atoms with E-state index in [9.17, 15) is 4.39 Å². The van der Waals surface area contributed by atoms with Gasteiger partial charge in [0.1, 0.15) is 5.82 Å². The van der Waals surface area contributed by atoms with E-state index in [2.05, 4.69) is 67.8 Å². The fourth-order valence-corrected chi connectivity index (χ4v) is 4.54. The SMILES string of the molecule is C=CCCc1ccc(CCCCc2ccc(CCCCc3ccc(CCC=C)c(F)c3)cc2)cc1. The Hall–Kier alpha value is -2.93. The standard InChI is InChI=1S/C34H41F/c1-3-5-11-28-17-19-29(20-18-28)12-7-8-13-30-21-23-31(24-22-30)14-9-10-15-32-25-26-33(16-6-4-2)34(35)27-32/h3-4,17-27H,1-2,5-16H2. The molecule has 35 heavy (non-hydrogen) atoms. The van der Waals surface area contributed by atoms with Gasteiger partial charge in [-0.1, -0.05) is 72.8 Å². The molecule has 3 aromatic carbocycles. The largest absolute Gasteiger partial charge is 0.207 e. The molecule has 0 radical (unpaired) electrons. The Morgan fingerprint density at radius 1 is 0.486 bits per heavy atom. The van der Waals surface area contributed by atoms with Gasteiger partial charge in [0.25, 0.3) is 0 Å². The second-order valence-electron chi connectivity index (χ2n) is 9.63. The van der Waals surface area contributed by atoms with Crippen molar-refractivity contribution in [3.63, 3.8) is 0 Å². The van der Waals surface area contributed by atoms with Gasteiger partial charge < -0.3 is 0 Å². The van der Waals surface area contributed by atoms with Crippen LogP contribution in [0.25, 0.3) is 0 Å². The van der Waals surface area contributed by atoms with Crippen molar-refractivity contribution in [2.24, 2.45) is 0 Å². The van der Waals surface area contributed by atoms with Crippen molar-refractivity contribution in [2.75, 3.05) is 0 Å². The van der Waals surface area contributed by atoms with E-state index in [1.165, 1.54) is 35.1 Å². The number of hydrogen-bond donors (Lipinski definition) is 0. The lowest BCUT2D eigenvalue weighted by Gasteiger charge is -2.07. The number of unbranched alkanes of at least 4 members (excludes halogenated alkanes) is 2. The van der Waals surface area contributed by atoms with Crippen LogP contribution in [-0.4, -0.2) is 0 Å². The molecule has 1 heteroatoms. The van der Waals surface area contributed by atoms with E-state index in [1.807, 2.05) is 18.2 Å². The molecule has 0 amide bonds. The molecule has 0 aliphatic carbocycles. The Morgan fingerprint density at radius 3 is 1.29 bits per heavy atom. The topological polar surface area (TPSA) is 0 Å². The fraction of sp³-hybridized carbons (Fsp3) is 0.353. The highest BCUT2D eigenvalue weighted by atomic mass is 19.1. The van der Waals surface area contributed by atoms with Crippen LogP contribution in [0.3, 0.4) is 0 Å². The van der Waals surface area contributed by atoms with Crippen molar-refractivity contribution in [1.29, 1.82) is 0 Å². The number of benzene rings is 3. The molecular weight excluding hydrogens is 427 g/mol. The normalized spacial score (nSPS) is 10.9. The number of hydrogen-bond acceptors (Lipinski definition) is 0. The van der Waals surface area contributed by atoms with Gasteiger partial charge in [0.2, 0.25) is 0 Å². The van der Waals surface area contributed by atoms with E-state index < -0.39 is 0 Å². The molecule has 0 aliphatic heterocycles. The molecule has 0 fully saturated rings. The molecule has 0 aliphatic rings. The molecule has 0 nitrogen and oxygen atoms in total. The first-order chi connectivity index (χ1) is 17.2. The smallest absolute Gasteiger partial charge is 0.126 e. The molecule has 0 N–H and O–H groups in total. The van der Waals surface area contributed by atoms with Gasteiger partial charge in [-0.25, -0.2) is 4.39 Å². The van der Waals surface area contributed by atoms with Crippen LogP contribution in [0.1, 0.15) is 71.9 Å². The Morgan fingerprint density at radius 2 is 0.857 bits per heavy atom. The van der Waals surface area contributed by atoms with Gasteiger partial charge in [-0.3, -0.25) is 0 Å². The molecule has 0 heterocycles. The molecule has 3 rings (SSSR count). The highest BCUT2D eigenvalue weighted by molar-refractivity contribution is 5.26. The molecule has 3 aromatic rings. The average molecular weight is 469 g/mol. The van der Waals surface area contributed by atoms with Gasteiger partial charge >= 0.3 is 0 Å². The number of halogens is 1. The van der Waals surface area contributed by atoms with Gasteiger partial charge in [0.05, 0.1) is 0 Å². The minimum Gasteiger partial charge on any atom is -0.207 e. The van der Waals surface area contributed by atoms with E-state index in [0.29, 0.717) is 0 Å². The summed E-state index contributed by atoms with van der Waals surface area (Å²) in [7, 11) is 0. The highest BCUT2D eigenvalue weighted by Gasteiger charge is 2.04. The number of rotatable bonds is 16. The van der Waals surface area contributed by atoms with Gasteiger partial charge in [0.15, 0.2) is 0 Å². The van der Waals surface area contributed by atoms with E-state index in [-0.39, 0.29) is 5.82 Å². The summed E-state index contributed by atoms with van der Waals surface area (Å²) in [6.07, 6.45) is 16.5. The molecule has 0 saturated carbocycles. The molecule has 0 spiro atoms. The predicted octanol–water partition coefficient (Wildman–Crippen LogP) is 9.19. The van der Waals surface area contributed by atoms with Crippen LogP contribution in [-0.2, 0) is 38.5 Å². The molecule has 184 valence electrons. The maximum Gasteiger partial charge on any atom is 0.126 e. The summed E-state index contributed by atoms with van der Waals surface area (Å²) < 4.78 is 14.2. The third kappa shape index (κ3) is 9.68. The summed E-state index contributed by atoms with van der Waals surface area (Å²) in [5.74, 6) is -0.0721. The van der Waals surface area contributed by atoms with Crippen LogP contribution in [0.5, 0.6) is 0 Å². The van der Waals surface area contributed by atoms with Crippen LogP contribution in [0.2, 0.25) is 0 Å². The summed E-state index contributed by atoms with van der Waals surface area (Å²) in [4.78, 5) is 0. The lowest BCUT2D eigenvalue weighted by molar-refractivity contribution is 0.605. The first kappa shape index (κ1) is 26.7. The second-order valence-corrected chi connectivity index (χ2v) is 9.63. The molecule has 0 bridgehead atoms. The minimum atomic E-state index is -0.0721. The molecule has 0 atom stereocenters. The van der Waals surface area contributed by atoms with Crippen molar-refractivity contribution in [3.05, 3.63) is 131 Å². The summed E-state index contributed by atoms with van der Waals surface area (Å²) in [5.41, 5.74) is 7.56. The second kappa shape index (κ2) is 15.1. The first-order valence-electron chi connectivity index (χ1n) is 13.3. The zero-order valence-electron chi connectivity index (χ0n) is 21.3. The van der Waals surface area contributed by atoms with E-state index in [4.69, 9.17) is 0 Å². The predicted molar refractivity (Wildman–Crippen MR) is 150 cm³/mol. The van der Waals surface area contributed by atoms with Gasteiger partial charge in [-0.15, -0.1) is 13.2 Å². The maximum atomic E-state index is 14.2. The Kier molecular flexibility index (Phi) is 11.5. The van der Waals surface area contributed by atoms with Crippen molar-refractivity contribution in [1.82, 2.24) is 0 Å². The van der Waals surface area contributed by atoms with E-state index in [1.54, 1.807) is 6.07 Å². The van der Waals surface area contributed by atoms with Crippen LogP contribution in [0.15, 0.2) is 92.0 Å². The Balaban J connectivity index is 1.31. The van der Waals surface area contributed by atoms with Crippen molar-refractivity contribution in [2.45, 2.75) is 77.0 Å². The third-order valence-corrected chi connectivity index (χ3v) is 6.78. The molecule has 0 saturated heterocycles. The van der Waals surface area contributed by atoms with Crippen LogP contribution >= 0.6 is 0 Å². The lowest BCUT2D eigenvalue weighted by atomic mass is 9.99. The summed E-state index contributed by atoms with van der Waals surface area (Å²) in [5, 5.41) is 0. The molecule has 0 aromatic heterocycles. The van der Waals surface area contributed by atoms with Crippen molar-refractivity contribution < 1.29 is 4.39 Å². The van der Waals surface area contributed by atoms with Gasteiger partial charge in [0, 0.05) is 0 Å². The number of aryl methyl sites for hydroxylation is 6. The van der Waals surface area contributed by atoms with Crippen LogP contribution < -0.4 is 0 Å². The van der Waals surface area contributed by atoms with Crippen LogP contribution in [0, 0.1) is 5.82 Å². The third-order valence-electron chi connectivity index (χ3n) is 6.78. The Labute approximate surface area is 212 Å². The van der Waals surface area contributed by atoms with Crippen molar-refractivity contribution in [3.8, 4) is 0 Å². The quantitative estimate of drug-likeness (QED) is 0.145. The van der Waals surface area contributed by atoms with E-state index >= 15 is 0 Å². The molecular formula is C34H41F. The minimum absolute atomic E-state index is 0.0721.